The van der Waals surface area contributed by atoms with Crippen LogP contribution in [0.25, 0.3) is 22.2 Å². The van der Waals surface area contributed by atoms with E-state index < -0.39 is 0 Å². The van der Waals surface area contributed by atoms with Gasteiger partial charge >= 0.3 is 0 Å². The van der Waals surface area contributed by atoms with Crippen LogP contribution in [0.2, 0.25) is 0 Å². The number of aromatic nitrogens is 1. The molecule has 130 valence electrons. The summed E-state index contributed by atoms with van der Waals surface area (Å²) in [5.41, 5.74) is 5.46. The highest BCUT2D eigenvalue weighted by atomic mass is 16.3. The Hall–Kier alpha value is -2.75. The minimum absolute atomic E-state index is 0.0842. The summed E-state index contributed by atoms with van der Waals surface area (Å²) < 4.78 is 0. The molecule has 4 nitrogen and oxygen atoms in total. The Kier molecular flexibility index (Phi) is 4.07. The van der Waals surface area contributed by atoms with Crippen molar-refractivity contribution in [2.24, 2.45) is 0 Å². The number of rotatable bonds is 2. The van der Waals surface area contributed by atoms with E-state index in [0.29, 0.717) is 5.75 Å². The highest BCUT2D eigenvalue weighted by Gasteiger charge is 2.21. The number of phenolic OH excluding ortho intramolecular Hbond substituents is 1. The summed E-state index contributed by atoms with van der Waals surface area (Å²) in [5, 5.41) is 14.3. The van der Waals surface area contributed by atoms with Gasteiger partial charge in [0.05, 0.1) is 0 Å². The normalized spacial score (nSPS) is 11.7. The molecule has 0 saturated carbocycles. The van der Waals surface area contributed by atoms with Gasteiger partial charge in [-0.2, -0.15) is 0 Å². The molecule has 1 amide bonds. The summed E-state index contributed by atoms with van der Waals surface area (Å²) in [7, 11) is 0. The molecular formula is C21H24N2O2. The van der Waals surface area contributed by atoms with Gasteiger partial charge in [0.25, 0.3) is 0 Å². The van der Waals surface area contributed by atoms with Gasteiger partial charge in [0.15, 0.2) is 0 Å². The smallest absolute Gasteiger partial charge is 0.221 e. The van der Waals surface area contributed by atoms with Gasteiger partial charge in [-0.25, -0.2) is 0 Å². The van der Waals surface area contributed by atoms with Gasteiger partial charge in [0, 0.05) is 34.8 Å². The first-order valence-corrected chi connectivity index (χ1v) is 8.40. The predicted molar refractivity (Wildman–Crippen MR) is 103 cm³/mol. The Labute approximate surface area is 147 Å². The number of amides is 1. The molecule has 0 aliphatic rings. The standard InChI is InChI=1S/C21H24N2O2/c1-12-8-14(10-17(20(12)25)21(3,4)5)19-11-15-9-16(22-13(2)24)6-7-18(15)23-19/h6-11,23,25H,1-5H3,(H,22,24). The SMILES string of the molecule is CC(=O)Nc1ccc2[nH]c(-c3cc(C)c(O)c(C(C)(C)C)c3)cc2c1. The number of carbonyl (C=O) groups excluding carboxylic acids is 1. The fourth-order valence-corrected chi connectivity index (χ4v) is 3.08. The van der Waals surface area contributed by atoms with E-state index >= 15 is 0 Å². The number of nitrogens with one attached hydrogen (secondary N) is 2. The molecule has 0 saturated heterocycles. The molecule has 0 bridgehead atoms. The summed E-state index contributed by atoms with van der Waals surface area (Å²) in [6, 6.07) is 11.9. The summed E-state index contributed by atoms with van der Waals surface area (Å²) in [4.78, 5) is 14.7. The van der Waals surface area contributed by atoms with Crippen molar-refractivity contribution >= 4 is 22.5 Å². The van der Waals surface area contributed by atoms with Crippen molar-refractivity contribution < 1.29 is 9.90 Å². The zero-order chi connectivity index (χ0) is 18.4. The molecule has 0 radical (unpaired) electrons. The number of fused-ring (bicyclic) bond motifs is 1. The van der Waals surface area contributed by atoms with Crippen LogP contribution in [-0.4, -0.2) is 16.0 Å². The van der Waals surface area contributed by atoms with Crippen molar-refractivity contribution in [3.8, 4) is 17.0 Å². The first-order valence-electron chi connectivity index (χ1n) is 8.40. The summed E-state index contributed by atoms with van der Waals surface area (Å²) in [6.07, 6.45) is 0. The van der Waals surface area contributed by atoms with Crippen LogP contribution in [0.4, 0.5) is 5.69 Å². The van der Waals surface area contributed by atoms with E-state index in [2.05, 4.69) is 37.1 Å². The summed E-state index contributed by atoms with van der Waals surface area (Å²) >= 11 is 0. The molecule has 0 atom stereocenters. The molecule has 25 heavy (non-hydrogen) atoms. The quantitative estimate of drug-likeness (QED) is 0.609. The van der Waals surface area contributed by atoms with Crippen molar-refractivity contribution in [1.82, 2.24) is 4.98 Å². The zero-order valence-corrected chi connectivity index (χ0v) is 15.3. The predicted octanol–water partition coefficient (Wildman–Crippen LogP) is 5.10. The molecule has 0 fully saturated rings. The van der Waals surface area contributed by atoms with E-state index in [-0.39, 0.29) is 11.3 Å². The molecule has 3 aromatic rings. The fourth-order valence-electron chi connectivity index (χ4n) is 3.08. The maximum absolute atomic E-state index is 11.2. The summed E-state index contributed by atoms with van der Waals surface area (Å²) in [6.45, 7) is 9.70. The molecule has 0 aliphatic carbocycles. The zero-order valence-electron chi connectivity index (χ0n) is 15.3. The van der Waals surface area contributed by atoms with Crippen LogP contribution in [0.1, 0.15) is 38.8 Å². The minimum Gasteiger partial charge on any atom is -0.507 e. The van der Waals surface area contributed by atoms with Crippen LogP contribution in [0.3, 0.4) is 0 Å². The number of carbonyl (C=O) groups is 1. The number of aromatic amines is 1. The Bertz CT molecular complexity index is 962. The second kappa shape index (κ2) is 5.96. The molecule has 0 spiro atoms. The Balaban J connectivity index is 2.10. The number of hydrogen-bond donors (Lipinski definition) is 3. The first-order chi connectivity index (χ1) is 11.6. The van der Waals surface area contributed by atoms with E-state index in [0.717, 1.165) is 39.0 Å². The number of H-pyrrole nitrogens is 1. The number of aromatic hydroxyl groups is 1. The largest absolute Gasteiger partial charge is 0.507 e. The van der Waals surface area contributed by atoms with E-state index in [4.69, 9.17) is 0 Å². The van der Waals surface area contributed by atoms with Crippen LogP contribution < -0.4 is 5.32 Å². The van der Waals surface area contributed by atoms with E-state index in [1.165, 1.54) is 6.92 Å². The number of hydrogen-bond acceptors (Lipinski definition) is 2. The van der Waals surface area contributed by atoms with Crippen molar-refractivity contribution in [3.05, 3.63) is 47.5 Å². The average molecular weight is 336 g/mol. The second-order valence-electron chi connectivity index (χ2n) is 7.61. The summed E-state index contributed by atoms with van der Waals surface area (Å²) in [5.74, 6) is 0.277. The number of benzene rings is 2. The topological polar surface area (TPSA) is 65.1 Å². The van der Waals surface area contributed by atoms with Crippen LogP contribution in [-0.2, 0) is 10.2 Å². The maximum atomic E-state index is 11.2. The van der Waals surface area contributed by atoms with Crippen molar-refractivity contribution in [1.29, 1.82) is 0 Å². The Morgan fingerprint density at radius 3 is 2.48 bits per heavy atom. The van der Waals surface area contributed by atoms with Gasteiger partial charge in [0.2, 0.25) is 5.91 Å². The molecule has 2 aromatic carbocycles. The van der Waals surface area contributed by atoms with E-state index in [1.54, 1.807) is 0 Å². The van der Waals surface area contributed by atoms with Crippen molar-refractivity contribution in [2.75, 3.05) is 5.32 Å². The average Bonchev–Trinajstić information content (AvgIpc) is 2.91. The lowest BCUT2D eigenvalue weighted by Crippen LogP contribution is -2.12. The van der Waals surface area contributed by atoms with Gasteiger partial charge < -0.3 is 15.4 Å². The molecular weight excluding hydrogens is 312 g/mol. The van der Waals surface area contributed by atoms with Gasteiger partial charge in [-0.1, -0.05) is 20.8 Å². The lowest BCUT2D eigenvalue weighted by atomic mass is 9.84. The van der Waals surface area contributed by atoms with Gasteiger partial charge in [-0.15, -0.1) is 0 Å². The van der Waals surface area contributed by atoms with Crippen molar-refractivity contribution in [2.45, 2.75) is 40.0 Å². The minimum atomic E-state index is -0.143. The van der Waals surface area contributed by atoms with Crippen LogP contribution >= 0.6 is 0 Å². The number of anilines is 1. The monoisotopic (exact) mass is 336 g/mol. The van der Waals surface area contributed by atoms with Crippen LogP contribution in [0.5, 0.6) is 5.75 Å². The van der Waals surface area contributed by atoms with Gasteiger partial charge in [-0.3, -0.25) is 4.79 Å². The molecule has 0 unspecified atom stereocenters. The molecule has 3 N–H and O–H groups in total. The maximum Gasteiger partial charge on any atom is 0.221 e. The second-order valence-corrected chi connectivity index (χ2v) is 7.61. The molecule has 1 heterocycles. The van der Waals surface area contributed by atoms with Gasteiger partial charge in [-0.05, 0) is 59.9 Å². The molecule has 3 rings (SSSR count). The van der Waals surface area contributed by atoms with Crippen molar-refractivity contribution in [3.63, 3.8) is 0 Å². The third kappa shape index (κ3) is 3.38. The highest BCUT2D eigenvalue weighted by Crippen LogP contribution is 2.37. The van der Waals surface area contributed by atoms with E-state index in [1.807, 2.05) is 37.3 Å². The Morgan fingerprint density at radius 1 is 1.12 bits per heavy atom. The lowest BCUT2D eigenvalue weighted by molar-refractivity contribution is -0.114. The van der Waals surface area contributed by atoms with Gasteiger partial charge in [0.1, 0.15) is 5.75 Å². The lowest BCUT2D eigenvalue weighted by Gasteiger charge is -2.22. The third-order valence-corrected chi connectivity index (χ3v) is 4.36. The third-order valence-electron chi connectivity index (χ3n) is 4.36. The molecule has 4 heteroatoms. The van der Waals surface area contributed by atoms with E-state index in [9.17, 15) is 9.90 Å². The highest BCUT2D eigenvalue weighted by molar-refractivity contribution is 5.94. The molecule has 0 aliphatic heterocycles. The Morgan fingerprint density at radius 2 is 1.84 bits per heavy atom. The molecule has 1 aromatic heterocycles. The number of phenols is 1. The van der Waals surface area contributed by atoms with Crippen LogP contribution in [0.15, 0.2) is 36.4 Å². The fraction of sp³-hybridized carbons (Fsp3) is 0.286. The van der Waals surface area contributed by atoms with Crippen LogP contribution in [0, 0.1) is 6.92 Å². The first kappa shape index (κ1) is 17.1. The number of aryl methyl sites for hydroxylation is 1.